The number of rotatable bonds is 4. The molecule has 0 unspecified atom stereocenters. The van der Waals surface area contributed by atoms with Crippen molar-refractivity contribution in [2.75, 3.05) is 5.75 Å². The molecule has 7 nitrogen and oxygen atoms in total. The van der Waals surface area contributed by atoms with Crippen LogP contribution >= 0.6 is 0 Å². The fourth-order valence-electron chi connectivity index (χ4n) is 3.28. The number of hydrogen-bond donors (Lipinski definition) is 0. The third kappa shape index (κ3) is 3.08. The molecule has 0 aliphatic heterocycles. The molecule has 25 heavy (non-hydrogen) atoms. The van der Waals surface area contributed by atoms with Crippen LogP contribution in [-0.4, -0.2) is 29.8 Å². The van der Waals surface area contributed by atoms with Gasteiger partial charge in [0.05, 0.1) is 33.8 Å². The normalized spacial score (nSPS) is 11.6. The molecule has 9 heteroatoms. The van der Waals surface area contributed by atoms with Crippen LogP contribution in [0, 0.1) is 6.92 Å². The quantitative estimate of drug-likeness (QED) is 0.359. The first-order chi connectivity index (χ1) is 11.6. The predicted molar refractivity (Wildman–Crippen MR) is 92.3 cm³/mol. The van der Waals surface area contributed by atoms with Crippen LogP contribution in [0.2, 0.25) is 0 Å². The van der Waals surface area contributed by atoms with Crippen molar-refractivity contribution in [2.45, 2.75) is 19.9 Å². The summed E-state index contributed by atoms with van der Waals surface area (Å²) in [6, 6.07) is 4.15. The van der Waals surface area contributed by atoms with Gasteiger partial charge in [0.2, 0.25) is 0 Å². The van der Waals surface area contributed by atoms with Gasteiger partial charge in [-0.1, -0.05) is 16.5 Å². The van der Waals surface area contributed by atoms with E-state index in [0.29, 0.717) is 13.0 Å². The second kappa shape index (κ2) is 7.03. The van der Waals surface area contributed by atoms with Crippen molar-refractivity contribution in [1.82, 2.24) is 24.1 Å². The minimum absolute atomic E-state index is 0. The minimum Gasteiger partial charge on any atom is -0.424 e. The Balaban J connectivity index is 0.00000182. The van der Waals surface area contributed by atoms with Crippen molar-refractivity contribution in [2.24, 2.45) is 7.05 Å². The third-order valence-electron chi connectivity index (χ3n) is 4.42. The summed E-state index contributed by atoms with van der Waals surface area (Å²) in [5.41, 5.74) is 4.86. The molecule has 0 amide bonds. The van der Waals surface area contributed by atoms with Crippen LogP contribution in [0.15, 0.2) is 24.7 Å². The van der Waals surface area contributed by atoms with Gasteiger partial charge in [0.1, 0.15) is 12.2 Å². The number of benzene rings is 1. The van der Waals surface area contributed by atoms with Gasteiger partial charge < -0.3 is 17.6 Å². The summed E-state index contributed by atoms with van der Waals surface area (Å²) in [5, 5.41) is 1.05. The summed E-state index contributed by atoms with van der Waals surface area (Å²) in [7, 11) is -0.0129. The summed E-state index contributed by atoms with van der Waals surface area (Å²) < 4.78 is 25.7. The number of nitrogens with zero attached hydrogens (tertiary/aromatic N) is 5. The molecule has 4 aromatic rings. The average Bonchev–Trinajstić information content (AvgIpc) is 3.01. The Kier molecular flexibility index (Phi) is 5.15. The van der Waals surface area contributed by atoms with Crippen LogP contribution in [0.1, 0.15) is 12.2 Å². The van der Waals surface area contributed by atoms with E-state index in [-0.39, 0.29) is 35.3 Å². The molecule has 0 saturated heterocycles. The van der Waals surface area contributed by atoms with Crippen LogP contribution in [0.3, 0.4) is 0 Å². The van der Waals surface area contributed by atoms with Crippen molar-refractivity contribution >= 4 is 43.7 Å². The maximum absolute atomic E-state index is 10.8. The molecule has 0 spiro atoms. The van der Waals surface area contributed by atoms with Crippen molar-refractivity contribution in [3.05, 3.63) is 30.5 Å². The number of hydrogen-bond acceptors (Lipinski definition) is 6. The van der Waals surface area contributed by atoms with E-state index in [4.69, 9.17) is 0 Å². The Bertz CT molecular complexity index is 1150. The van der Waals surface area contributed by atoms with E-state index in [2.05, 4.69) is 36.2 Å². The fourth-order valence-corrected chi connectivity index (χ4v) is 3.64. The summed E-state index contributed by atoms with van der Waals surface area (Å²) in [6.45, 7) is 2.57. The van der Waals surface area contributed by atoms with Crippen LogP contribution < -0.4 is 29.6 Å². The topological polar surface area (TPSA) is 82.7 Å². The van der Waals surface area contributed by atoms with Gasteiger partial charge in [-0.2, -0.15) is 0 Å². The summed E-state index contributed by atoms with van der Waals surface area (Å²) >= 11 is 0. The van der Waals surface area contributed by atoms with Gasteiger partial charge in [-0.15, -0.1) is 0 Å². The van der Waals surface area contributed by atoms with Crippen LogP contribution in [-0.2, 0) is 32.7 Å². The molecule has 0 radical (unpaired) electrons. The number of fused-ring (bicyclic) bond motifs is 4. The first-order valence-corrected chi connectivity index (χ1v) is 8.91. The molecule has 124 valence electrons. The standard InChI is InChI=1S/C16H16N5O2S.Na/c1-10-19-12-6-11-13(20(2)15-8-17-9-18-16(11)15)7-14(12)21(10)4-3-5-24(22)23;/h6-9H,3-5H2,1-2H3;/q-1;+1. The van der Waals surface area contributed by atoms with E-state index in [1.165, 1.54) is 0 Å². The van der Waals surface area contributed by atoms with Gasteiger partial charge in [0, 0.05) is 19.0 Å². The van der Waals surface area contributed by atoms with E-state index in [9.17, 15) is 8.42 Å². The molecule has 0 bridgehead atoms. The largest absolute Gasteiger partial charge is 1.00 e. The molecule has 3 aromatic heterocycles. The molecule has 0 saturated carbocycles. The predicted octanol–water partition coefficient (Wildman–Crippen LogP) is -0.517. The maximum atomic E-state index is 10.8. The zero-order valence-electron chi connectivity index (χ0n) is 14.4. The van der Waals surface area contributed by atoms with Crippen molar-refractivity contribution in [1.29, 1.82) is 0 Å². The molecule has 0 fully saturated rings. The SMILES string of the molecule is Cc1nc2cc3c4ncncc4n(C)c3cc2n1CCC[S-](=O)=O.[Na+]. The smallest absolute Gasteiger partial charge is 0.424 e. The second-order valence-electron chi connectivity index (χ2n) is 5.85. The van der Waals surface area contributed by atoms with Gasteiger partial charge in [-0.25, -0.2) is 15.0 Å². The molecule has 0 aliphatic rings. The number of aryl methyl sites for hydroxylation is 3. The molecule has 0 aliphatic carbocycles. The number of imidazole rings is 1. The van der Waals surface area contributed by atoms with E-state index in [1.807, 2.05) is 20.2 Å². The molecule has 3 heterocycles. The van der Waals surface area contributed by atoms with Gasteiger partial charge in [-0.05, 0) is 25.5 Å². The van der Waals surface area contributed by atoms with E-state index >= 15 is 0 Å². The zero-order chi connectivity index (χ0) is 16.8. The van der Waals surface area contributed by atoms with E-state index in [0.717, 1.165) is 38.8 Å². The average molecular weight is 365 g/mol. The Morgan fingerprint density at radius 3 is 2.72 bits per heavy atom. The first kappa shape index (κ1) is 18.3. The molecule has 0 N–H and O–H groups in total. The van der Waals surface area contributed by atoms with Crippen LogP contribution in [0.25, 0.3) is 33.0 Å². The molecular weight excluding hydrogens is 349 g/mol. The fraction of sp³-hybridized carbons (Fsp3) is 0.312. The molecular formula is C16H16N5NaO2S. The molecule has 1 aromatic carbocycles. The van der Waals surface area contributed by atoms with E-state index in [1.54, 1.807) is 6.33 Å². The maximum Gasteiger partial charge on any atom is 1.00 e. The zero-order valence-corrected chi connectivity index (χ0v) is 17.2. The Morgan fingerprint density at radius 2 is 1.96 bits per heavy atom. The van der Waals surface area contributed by atoms with Crippen LogP contribution in [0.4, 0.5) is 0 Å². The first-order valence-electron chi connectivity index (χ1n) is 7.67. The summed E-state index contributed by atoms with van der Waals surface area (Å²) in [4.78, 5) is 13.1. The van der Waals surface area contributed by atoms with Gasteiger partial charge >= 0.3 is 29.6 Å². The van der Waals surface area contributed by atoms with Gasteiger partial charge in [0.15, 0.2) is 0 Å². The van der Waals surface area contributed by atoms with Crippen molar-refractivity contribution < 1.29 is 38.0 Å². The number of aromatic nitrogens is 5. The summed E-state index contributed by atoms with van der Waals surface area (Å²) in [5.74, 6) is 1.04. The minimum atomic E-state index is -2.01. The molecule has 4 rings (SSSR count). The Labute approximate surface area is 168 Å². The van der Waals surface area contributed by atoms with Gasteiger partial charge in [-0.3, -0.25) is 0 Å². The third-order valence-corrected chi connectivity index (χ3v) is 5.04. The monoisotopic (exact) mass is 365 g/mol. The van der Waals surface area contributed by atoms with Crippen LogP contribution in [0.5, 0.6) is 0 Å². The molecule has 0 atom stereocenters. The Hall–Kier alpha value is -1.48. The van der Waals surface area contributed by atoms with Gasteiger partial charge in [0.25, 0.3) is 0 Å². The summed E-state index contributed by atoms with van der Waals surface area (Å²) in [6.07, 6.45) is 3.93. The Morgan fingerprint density at radius 1 is 1.16 bits per heavy atom. The second-order valence-corrected chi connectivity index (χ2v) is 6.86. The van der Waals surface area contributed by atoms with E-state index < -0.39 is 10.7 Å². The van der Waals surface area contributed by atoms with Crippen molar-refractivity contribution in [3.8, 4) is 0 Å². The van der Waals surface area contributed by atoms with Crippen molar-refractivity contribution in [3.63, 3.8) is 0 Å².